The van der Waals surface area contributed by atoms with Gasteiger partial charge < -0.3 is 19.3 Å². The highest BCUT2D eigenvalue weighted by Crippen LogP contribution is 2.18. The highest BCUT2D eigenvalue weighted by molar-refractivity contribution is 5.78. The third-order valence-corrected chi connectivity index (χ3v) is 4.87. The van der Waals surface area contributed by atoms with Crippen LogP contribution in [0.1, 0.15) is 33.1 Å². The highest BCUT2D eigenvalue weighted by Gasteiger charge is 2.21. The Morgan fingerprint density at radius 3 is 2.31 bits per heavy atom. The quantitative estimate of drug-likeness (QED) is 0.713. The molecule has 1 aliphatic rings. The van der Waals surface area contributed by atoms with Crippen molar-refractivity contribution in [2.45, 2.75) is 33.1 Å². The monoisotopic (exact) mass is 362 g/mol. The predicted molar refractivity (Wildman–Crippen MR) is 100 cm³/mol. The van der Waals surface area contributed by atoms with Crippen LogP contribution in [0.3, 0.4) is 0 Å². The minimum Gasteiger partial charge on any atom is -0.497 e. The fraction of sp³-hybridized carbons (Fsp3) is 0.600. The summed E-state index contributed by atoms with van der Waals surface area (Å²) in [6.45, 7) is 6.71. The molecule has 0 atom stereocenters. The van der Waals surface area contributed by atoms with Gasteiger partial charge in [-0.05, 0) is 43.0 Å². The van der Waals surface area contributed by atoms with Crippen molar-refractivity contribution in [3.8, 4) is 11.5 Å². The van der Waals surface area contributed by atoms with Crippen LogP contribution in [0.4, 0.5) is 0 Å². The highest BCUT2D eigenvalue weighted by atomic mass is 16.5. The number of hydrogen-bond acceptors (Lipinski definition) is 4. The zero-order chi connectivity index (χ0) is 18.9. The maximum absolute atomic E-state index is 12.3. The molecule has 2 amide bonds. The van der Waals surface area contributed by atoms with Crippen molar-refractivity contribution in [1.29, 1.82) is 0 Å². The summed E-state index contributed by atoms with van der Waals surface area (Å²) in [6.07, 6.45) is 2.51. The molecular weight excluding hydrogens is 332 g/mol. The van der Waals surface area contributed by atoms with Crippen molar-refractivity contribution in [3.05, 3.63) is 24.3 Å². The Morgan fingerprint density at radius 1 is 1.12 bits per heavy atom. The van der Waals surface area contributed by atoms with E-state index in [1.54, 1.807) is 12.0 Å². The number of rotatable bonds is 8. The van der Waals surface area contributed by atoms with E-state index >= 15 is 0 Å². The van der Waals surface area contributed by atoms with Crippen LogP contribution >= 0.6 is 0 Å². The lowest BCUT2D eigenvalue weighted by molar-refractivity contribution is -0.134. The number of benzene rings is 1. The van der Waals surface area contributed by atoms with Crippen LogP contribution in [-0.2, 0) is 9.59 Å². The largest absolute Gasteiger partial charge is 0.497 e. The molecular formula is C20H30N2O4. The van der Waals surface area contributed by atoms with Crippen LogP contribution < -0.4 is 9.47 Å². The molecule has 0 aliphatic carbocycles. The van der Waals surface area contributed by atoms with Gasteiger partial charge in [0.25, 0.3) is 0 Å². The topological polar surface area (TPSA) is 59.1 Å². The van der Waals surface area contributed by atoms with Gasteiger partial charge in [-0.2, -0.15) is 0 Å². The summed E-state index contributed by atoms with van der Waals surface area (Å²) in [5.74, 6) is 2.30. The number of carbonyl (C=O) groups excluding carboxylic acids is 2. The number of nitrogens with zero attached hydrogens (tertiary/aromatic N) is 2. The second-order valence-corrected chi connectivity index (χ2v) is 6.84. The molecule has 1 aromatic carbocycles. The zero-order valence-corrected chi connectivity index (χ0v) is 16.1. The average Bonchev–Trinajstić information content (AvgIpc) is 2.65. The standard InChI is InChI=1S/C20H30N2O4/c1-16-8-11-22(12-9-16)20(24)10-13-21(17(2)23)14-15-26-19-6-4-18(25-3)5-7-19/h4-7,16H,8-15H2,1-3H3. The summed E-state index contributed by atoms with van der Waals surface area (Å²) in [6, 6.07) is 7.32. The molecule has 0 saturated carbocycles. The van der Waals surface area contributed by atoms with Crippen LogP contribution in [0, 0.1) is 5.92 Å². The summed E-state index contributed by atoms with van der Waals surface area (Å²) >= 11 is 0. The summed E-state index contributed by atoms with van der Waals surface area (Å²) in [7, 11) is 1.62. The molecule has 0 N–H and O–H groups in total. The van der Waals surface area contributed by atoms with Gasteiger partial charge in [0.05, 0.1) is 13.7 Å². The molecule has 6 heteroatoms. The minimum absolute atomic E-state index is 0.0385. The van der Waals surface area contributed by atoms with E-state index in [0.29, 0.717) is 32.0 Å². The Kier molecular flexibility index (Phi) is 7.75. The van der Waals surface area contributed by atoms with Gasteiger partial charge in [0.1, 0.15) is 18.1 Å². The number of ether oxygens (including phenoxy) is 2. The fourth-order valence-electron chi connectivity index (χ4n) is 3.02. The number of methoxy groups -OCH3 is 1. The molecule has 0 spiro atoms. The van der Waals surface area contributed by atoms with Crippen LogP contribution in [-0.4, -0.2) is 61.5 Å². The van der Waals surface area contributed by atoms with Crippen LogP contribution in [0.2, 0.25) is 0 Å². The summed E-state index contributed by atoms with van der Waals surface area (Å²) in [5.41, 5.74) is 0. The molecule has 26 heavy (non-hydrogen) atoms. The van der Waals surface area contributed by atoms with Crippen molar-refractivity contribution >= 4 is 11.8 Å². The van der Waals surface area contributed by atoms with Crippen molar-refractivity contribution in [3.63, 3.8) is 0 Å². The van der Waals surface area contributed by atoms with E-state index in [9.17, 15) is 9.59 Å². The van der Waals surface area contributed by atoms with Gasteiger partial charge in [0.2, 0.25) is 11.8 Å². The van der Waals surface area contributed by atoms with Crippen LogP contribution in [0.5, 0.6) is 11.5 Å². The van der Waals surface area contributed by atoms with Gasteiger partial charge in [-0.15, -0.1) is 0 Å². The number of hydrogen-bond donors (Lipinski definition) is 0. The molecule has 2 rings (SSSR count). The molecule has 1 fully saturated rings. The van der Waals surface area contributed by atoms with Gasteiger partial charge in [0.15, 0.2) is 0 Å². The molecule has 6 nitrogen and oxygen atoms in total. The van der Waals surface area contributed by atoms with Gasteiger partial charge in [-0.3, -0.25) is 9.59 Å². The average molecular weight is 362 g/mol. The van der Waals surface area contributed by atoms with E-state index in [1.165, 1.54) is 6.92 Å². The molecule has 0 bridgehead atoms. The Hall–Kier alpha value is -2.24. The first kappa shape index (κ1) is 20.1. The van der Waals surface area contributed by atoms with E-state index in [4.69, 9.17) is 9.47 Å². The molecule has 0 aromatic heterocycles. The number of amides is 2. The Balaban J connectivity index is 1.73. The molecule has 1 aromatic rings. The van der Waals surface area contributed by atoms with Gasteiger partial charge in [-0.1, -0.05) is 6.92 Å². The predicted octanol–water partition coefficient (Wildman–Crippen LogP) is 2.57. The smallest absolute Gasteiger partial charge is 0.224 e. The third kappa shape index (κ3) is 6.24. The molecule has 1 aliphatic heterocycles. The lowest BCUT2D eigenvalue weighted by Crippen LogP contribution is -2.41. The van der Waals surface area contributed by atoms with Crippen LogP contribution in [0.15, 0.2) is 24.3 Å². The second kappa shape index (κ2) is 10.0. The SMILES string of the molecule is COc1ccc(OCCN(CCC(=O)N2CCC(C)CC2)C(C)=O)cc1. The lowest BCUT2D eigenvalue weighted by atomic mass is 9.99. The zero-order valence-electron chi connectivity index (χ0n) is 16.1. The van der Waals surface area contributed by atoms with Crippen LogP contribution in [0.25, 0.3) is 0 Å². The van der Waals surface area contributed by atoms with E-state index in [1.807, 2.05) is 29.2 Å². The maximum Gasteiger partial charge on any atom is 0.224 e. The molecule has 1 heterocycles. The molecule has 144 valence electrons. The number of carbonyl (C=O) groups is 2. The van der Waals surface area contributed by atoms with Gasteiger partial charge in [0, 0.05) is 33.0 Å². The van der Waals surface area contributed by atoms with E-state index in [2.05, 4.69) is 6.92 Å². The summed E-state index contributed by atoms with van der Waals surface area (Å²) in [4.78, 5) is 27.8. The first-order valence-electron chi connectivity index (χ1n) is 9.29. The molecule has 0 radical (unpaired) electrons. The number of likely N-dealkylation sites (tertiary alicyclic amines) is 1. The van der Waals surface area contributed by atoms with E-state index in [0.717, 1.165) is 37.4 Å². The minimum atomic E-state index is -0.0385. The van der Waals surface area contributed by atoms with Crippen molar-refractivity contribution in [2.75, 3.05) is 39.9 Å². The van der Waals surface area contributed by atoms with Crippen molar-refractivity contribution in [2.24, 2.45) is 5.92 Å². The van der Waals surface area contributed by atoms with Gasteiger partial charge >= 0.3 is 0 Å². The maximum atomic E-state index is 12.3. The summed E-state index contributed by atoms with van der Waals surface area (Å²) < 4.78 is 10.8. The summed E-state index contributed by atoms with van der Waals surface area (Å²) in [5, 5.41) is 0. The van der Waals surface area contributed by atoms with Crippen molar-refractivity contribution < 1.29 is 19.1 Å². The molecule has 0 unspecified atom stereocenters. The van der Waals surface area contributed by atoms with Crippen molar-refractivity contribution in [1.82, 2.24) is 9.80 Å². The number of piperidine rings is 1. The first-order valence-corrected chi connectivity index (χ1v) is 9.29. The fourth-order valence-corrected chi connectivity index (χ4v) is 3.02. The molecule has 1 saturated heterocycles. The van der Waals surface area contributed by atoms with E-state index in [-0.39, 0.29) is 11.8 Å². The third-order valence-electron chi connectivity index (χ3n) is 4.87. The Labute approximate surface area is 156 Å². The normalized spacial score (nSPS) is 14.8. The Morgan fingerprint density at radius 2 is 1.73 bits per heavy atom. The first-order chi connectivity index (χ1) is 12.5. The second-order valence-electron chi connectivity index (χ2n) is 6.84. The van der Waals surface area contributed by atoms with E-state index < -0.39 is 0 Å². The lowest BCUT2D eigenvalue weighted by Gasteiger charge is -2.31. The van der Waals surface area contributed by atoms with Gasteiger partial charge in [-0.25, -0.2) is 0 Å². The Bertz CT molecular complexity index is 580.